The predicted molar refractivity (Wildman–Crippen MR) is 124 cm³/mol. The van der Waals surface area contributed by atoms with Gasteiger partial charge in [-0.15, -0.1) is 10.2 Å². The summed E-state index contributed by atoms with van der Waals surface area (Å²) < 4.78 is 0. The summed E-state index contributed by atoms with van der Waals surface area (Å²) >= 11 is 0. The molecule has 0 amide bonds. The summed E-state index contributed by atoms with van der Waals surface area (Å²) in [7, 11) is 0. The highest BCUT2D eigenvalue weighted by atomic mass is 16.7. The lowest BCUT2D eigenvalue weighted by Gasteiger charge is -2.22. The number of phenolic OH excluding ortho intramolecular Hbond substituents is 2. The molecule has 0 unspecified atom stereocenters. The number of carbonyl (C=O) groups is 2. The summed E-state index contributed by atoms with van der Waals surface area (Å²) in [5.41, 5.74) is 1.09. The van der Waals surface area contributed by atoms with Crippen LogP contribution in [0.4, 0.5) is 17.1 Å². The smallest absolute Gasteiger partial charge is 0.358 e. The molecule has 0 aromatic heterocycles. The van der Waals surface area contributed by atoms with E-state index in [1.165, 1.54) is 24.1 Å². The van der Waals surface area contributed by atoms with E-state index in [1.54, 1.807) is 61.5 Å². The monoisotopic (exact) mass is 445 g/mol. The van der Waals surface area contributed by atoms with Crippen molar-refractivity contribution in [1.82, 2.24) is 0 Å². The Morgan fingerprint density at radius 2 is 1.64 bits per heavy atom. The predicted octanol–water partition coefficient (Wildman–Crippen LogP) is 5.60. The molecule has 0 radical (unpaired) electrons. The second-order valence-corrected chi connectivity index (χ2v) is 7.07. The fourth-order valence-electron chi connectivity index (χ4n) is 2.92. The van der Waals surface area contributed by atoms with Gasteiger partial charge in [-0.1, -0.05) is 49.0 Å². The molecule has 0 heterocycles. The number of hydroxylamine groups is 1. The second-order valence-electron chi connectivity index (χ2n) is 7.07. The van der Waals surface area contributed by atoms with Crippen molar-refractivity contribution in [3.05, 3.63) is 90.0 Å². The Kier molecular flexibility index (Phi) is 7.20. The van der Waals surface area contributed by atoms with Crippen LogP contribution in [0.25, 0.3) is 0 Å². The molecule has 0 spiro atoms. The lowest BCUT2D eigenvalue weighted by Crippen LogP contribution is -2.27. The van der Waals surface area contributed by atoms with Crippen LogP contribution in [0.15, 0.2) is 89.1 Å². The van der Waals surface area contributed by atoms with Gasteiger partial charge in [0.05, 0.1) is 12.1 Å². The Morgan fingerprint density at radius 1 is 0.970 bits per heavy atom. The van der Waals surface area contributed by atoms with Gasteiger partial charge in [-0.3, -0.25) is 4.79 Å². The van der Waals surface area contributed by atoms with Crippen LogP contribution in [0, 0.1) is 0 Å². The maximum absolute atomic E-state index is 12.8. The third kappa shape index (κ3) is 5.24. The van der Waals surface area contributed by atoms with Crippen LogP contribution < -0.4 is 5.06 Å². The quantitative estimate of drug-likeness (QED) is 0.202. The van der Waals surface area contributed by atoms with Gasteiger partial charge >= 0.3 is 5.97 Å². The molecule has 0 saturated carbocycles. The maximum atomic E-state index is 12.8. The highest BCUT2D eigenvalue weighted by Crippen LogP contribution is 2.41. The molecule has 0 aliphatic heterocycles. The Bertz CT molecular complexity index is 1220. The average Bonchev–Trinajstić information content (AvgIpc) is 2.82. The maximum Gasteiger partial charge on any atom is 0.358 e. The van der Waals surface area contributed by atoms with E-state index < -0.39 is 17.5 Å². The summed E-state index contributed by atoms with van der Waals surface area (Å²) in [6.07, 6.45) is 0. The number of aromatic hydroxyl groups is 2. The van der Waals surface area contributed by atoms with E-state index in [0.717, 1.165) is 0 Å². The van der Waals surface area contributed by atoms with E-state index in [9.17, 15) is 19.8 Å². The molecular weight excluding hydrogens is 422 g/mol. The first-order valence-electron chi connectivity index (χ1n) is 10.1. The minimum atomic E-state index is -0.592. The van der Waals surface area contributed by atoms with Crippen molar-refractivity contribution in [3.8, 4) is 11.5 Å². The van der Waals surface area contributed by atoms with Crippen LogP contribution in [0.5, 0.6) is 11.5 Å². The number of carbonyl (C=O) groups excluding carboxylic acids is 2. The molecule has 3 rings (SSSR count). The van der Waals surface area contributed by atoms with E-state index in [4.69, 9.17) is 4.84 Å². The molecule has 2 N–H and O–H groups in total. The highest BCUT2D eigenvalue weighted by molar-refractivity contribution is 6.11. The molecule has 0 saturated heterocycles. The zero-order valence-electron chi connectivity index (χ0n) is 18.2. The van der Waals surface area contributed by atoms with Gasteiger partial charge < -0.3 is 15.1 Å². The van der Waals surface area contributed by atoms with Crippen molar-refractivity contribution < 1.29 is 24.6 Å². The molecule has 8 heteroatoms. The number of anilines is 1. The van der Waals surface area contributed by atoms with Gasteiger partial charge in [0.2, 0.25) is 0 Å². The average molecular weight is 445 g/mol. The van der Waals surface area contributed by atoms with Gasteiger partial charge in [-0.25, -0.2) is 9.86 Å². The largest absolute Gasteiger partial charge is 0.505 e. The number of para-hydroxylation sites is 1. The van der Waals surface area contributed by atoms with E-state index in [2.05, 4.69) is 16.8 Å². The molecule has 168 valence electrons. The summed E-state index contributed by atoms with van der Waals surface area (Å²) in [6, 6.07) is 17.8. The number of benzene rings is 3. The standard InChI is InChI=1S/C25H23N3O5/c1-4-28(33-25(32)16(2)3)20-13-9-8-12-19(20)26-27-22-21(29)15-14-18(24(22)31)23(30)17-10-6-5-7-11-17/h5-15,29,31H,2,4H2,1,3H3. The van der Waals surface area contributed by atoms with Gasteiger partial charge in [0.1, 0.15) is 17.1 Å². The van der Waals surface area contributed by atoms with Crippen molar-refractivity contribution >= 4 is 28.8 Å². The fourth-order valence-corrected chi connectivity index (χ4v) is 2.92. The SMILES string of the molecule is C=C(C)C(=O)ON(CC)c1ccccc1N=Nc1c(O)ccc(C(=O)c2ccccc2)c1O. The van der Waals surface area contributed by atoms with E-state index in [-0.39, 0.29) is 22.6 Å². The van der Waals surface area contributed by atoms with Crippen molar-refractivity contribution in [2.75, 3.05) is 11.6 Å². The van der Waals surface area contributed by atoms with Crippen LogP contribution in [0.3, 0.4) is 0 Å². The van der Waals surface area contributed by atoms with E-state index in [1.807, 2.05) is 0 Å². The van der Waals surface area contributed by atoms with Crippen molar-refractivity contribution in [1.29, 1.82) is 0 Å². The normalized spacial score (nSPS) is 10.7. The second kappa shape index (κ2) is 10.2. The molecule has 0 fully saturated rings. The van der Waals surface area contributed by atoms with Crippen LogP contribution in [0.2, 0.25) is 0 Å². The minimum absolute atomic E-state index is 0.0215. The molecule has 3 aromatic carbocycles. The van der Waals surface area contributed by atoms with Gasteiger partial charge in [-0.05, 0) is 38.1 Å². The van der Waals surface area contributed by atoms with Gasteiger partial charge in [0.25, 0.3) is 0 Å². The Labute approximate surface area is 191 Å². The number of nitrogens with zero attached hydrogens (tertiary/aromatic N) is 3. The molecule has 8 nitrogen and oxygen atoms in total. The lowest BCUT2D eigenvalue weighted by atomic mass is 10.0. The number of rotatable bonds is 8. The zero-order chi connectivity index (χ0) is 24.0. The lowest BCUT2D eigenvalue weighted by molar-refractivity contribution is -0.140. The van der Waals surface area contributed by atoms with Crippen LogP contribution >= 0.6 is 0 Å². The summed E-state index contributed by atoms with van der Waals surface area (Å²) in [5, 5.41) is 30.4. The molecule has 0 atom stereocenters. The van der Waals surface area contributed by atoms with Gasteiger partial charge in [-0.2, -0.15) is 0 Å². The third-order valence-corrected chi connectivity index (χ3v) is 4.65. The topological polar surface area (TPSA) is 112 Å². The van der Waals surface area contributed by atoms with Gasteiger partial charge in [0, 0.05) is 11.1 Å². The van der Waals surface area contributed by atoms with Crippen molar-refractivity contribution in [3.63, 3.8) is 0 Å². The van der Waals surface area contributed by atoms with E-state index >= 15 is 0 Å². The molecule has 3 aromatic rings. The van der Waals surface area contributed by atoms with E-state index in [0.29, 0.717) is 23.5 Å². The number of hydrogen-bond donors (Lipinski definition) is 2. The first-order chi connectivity index (χ1) is 15.8. The molecule has 0 aliphatic carbocycles. The Hall–Kier alpha value is -4.46. The van der Waals surface area contributed by atoms with Crippen LogP contribution in [-0.2, 0) is 9.63 Å². The van der Waals surface area contributed by atoms with Gasteiger partial charge in [0.15, 0.2) is 17.2 Å². The molecular formula is C25H23N3O5. The van der Waals surface area contributed by atoms with Crippen LogP contribution in [0.1, 0.15) is 29.8 Å². The number of azo groups is 1. The Balaban J connectivity index is 1.97. The summed E-state index contributed by atoms with van der Waals surface area (Å²) in [6.45, 7) is 7.22. The summed E-state index contributed by atoms with van der Waals surface area (Å²) in [4.78, 5) is 30.1. The summed E-state index contributed by atoms with van der Waals surface area (Å²) in [5.74, 6) is -1.86. The number of ketones is 1. The highest BCUT2D eigenvalue weighted by Gasteiger charge is 2.20. The van der Waals surface area contributed by atoms with Crippen molar-refractivity contribution in [2.45, 2.75) is 13.8 Å². The minimum Gasteiger partial charge on any atom is -0.505 e. The first-order valence-corrected chi connectivity index (χ1v) is 10.1. The number of phenols is 2. The number of hydrogen-bond acceptors (Lipinski definition) is 8. The van der Waals surface area contributed by atoms with Crippen LogP contribution in [-0.4, -0.2) is 28.5 Å². The Morgan fingerprint density at radius 3 is 2.30 bits per heavy atom. The molecule has 0 aliphatic rings. The zero-order valence-corrected chi connectivity index (χ0v) is 18.2. The molecule has 0 bridgehead atoms. The molecule has 33 heavy (non-hydrogen) atoms. The first kappa shape index (κ1) is 23.2. The van der Waals surface area contributed by atoms with Crippen molar-refractivity contribution in [2.24, 2.45) is 10.2 Å². The third-order valence-electron chi connectivity index (χ3n) is 4.65. The fraction of sp³-hybridized carbons (Fsp3) is 0.120.